The van der Waals surface area contributed by atoms with Crippen LogP contribution in [-0.4, -0.2) is 51.7 Å². The lowest BCUT2D eigenvalue weighted by Crippen LogP contribution is -2.37. The molecule has 4 N–H and O–H groups in total. The lowest BCUT2D eigenvalue weighted by atomic mass is 10.1. The van der Waals surface area contributed by atoms with Gasteiger partial charge in [-0.05, 0) is 17.7 Å². The third kappa shape index (κ3) is 4.53. The molecule has 3 aromatic heterocycles. The number of anilines is 2. The minimum Gasteiger partial charge on any atom is -0.398 e. The Morgan fingerprint density at radius 2 is 1.82 bits per heavy atom. The molecule has 166 valence electrons. The standard InChI is InChI=1S/C24H24N8O/c25-19(17-4-2-1-3-5-17)14-21(26)28-22-16-24(31-10-12-33-13-11-31)32-23(29-22)15-20(30-32)18-6-8-27-9-7-18/h1-9,14-16H,10-13,25H2,(H2,26,28,29)/b19-14-. The maximum absolute atomic E-state index is 8.40. The maximum atomic E-state index is 8.40. The zero-order valence-corrected chi connectivity index (χ0v) is 18.0. The van der Waals surface area contributed by atoms with Crippen LogP contribution in [0.25, 0.3) is 22.6 Å². The number of benzene rings is 1. The highest BCUT2D eigenvalue weighted by molar-refractivity contribution is 6.05. The minimum absolute atomic E-state index is 0.148. The van der Waals surface area contributed by atoms with E-state index in [1.165, 1.54) is 0 Å². The van der Waals surface area contributed by atoms with Crippen LogP contribution in [-0.2, 0) is 4.74 Å². The number of rotatable bonds is 5. The number of ether oxygens (including phenoxy) is 1. The van der Waals surface area contributed by atoms with Gasteiger partial charge in [-0.15, -0.1) is 0 Å². The number of nitrogens with zero attached hydrogens (tertiary/aromatic N) is 5. The van der Waals surface area contributed by atoms with Crippen LogP contribution in [0.2, 0.25) is 0 Å². The summed E-state index contributed by atoms with van der Waals surface area (Å²) >= 11 is 0. The van der Waals surface area contributed by atoms with Gasteiger partial charge in [-0.3, -0.25) is 10.4 Å². The van der Waals surface area contributed by atoms with Crippen molar-refractivity contribution in [2.75, 3.05) is 36.5 Å². The van der Waals surface area contributed by atoms with Crippen LogP contribution in [0.5, 0.6) is 0 Å². The van der Waals surface area contributed by atoms with Crippen molar-refractivity contribution in [2.45, 2.75) is 0 Å². The first kappa shape index (κ1) is 20.7. The molecule has 1 aromatic carbocycles. The Morgan fingerprint density at radius 1 is 1.06 bits per heavy atom. The van der Waals surface area contributed by atoms with Gasteiger partial charge in [0, 0.05) is 55.0 Å². The van der Waals surface area contributed by atoms with Crippen molar-refractivity contribution in [3.8, 4) is 11.3 Å². The van der Waals surface area contributed by atoms with Gasteiger partial charge in [0.15, 0.2) is 5.65 Å². The Morgan fingerprint density at radius 3 is 2.58 bits per heavy atom. The fraction of sp³-hybridized carbons (Fsp3) is 0.167. The van der Waals surface area contributed by atoms with Gasteiger partial charge in [0.25, 0.3) is 0 Å². The van der Waals surface area contributed by atoms with Gasteiger partial charge < -0.3 is 20.7 Å². The quantitative estimate of drug-likeness (QED) is 0.322. The van der Waals surface area contributed by atoms with E-state index in [2.05, 4.69) is 15.2 Å². The van der Waals surface area contributed by atoms with Crippen molar-refractivity contribution in [3.05, 3.63) is 78.6 Å². The number of pyridine rings is 1. The van der Waals surface area contributed by atoms with Gasteiger partial charge in [0.2, 0.25) is 0 Å². The van der Waals surface area contributed by atoms with Gasteiger partial charge in [-0.1, -0.05) is 30.3 Å². The average molecular weight is 441 g/mol. The maximum Gasteiger partial charge on any atom is 0.160 e. The second kappa shape index (κ2) is 9.09. The molecule has 9 nitrogen and oxygen atoms in total. The lowest BCUT2D eigenvalue weighted by molar-refractivity contribution is 0.122. The minimum atomic E-state index is 0.148. The molecule has 4 aromatic rings. The van der Waals surface area contributed by atoms with Crippen molar-refractivity contribution in [3.63, 3.8) is 0 Å². The molecule has 5 rings (SSSR count). The molecular formula is C24H24N8O. The predicted molar refractivity (Wildman–Crippen MR) is 129 cm³/mol. The zero-order valence-electron chi connectivity index (χ0n) is 18.0. The summed E-state index contributed by atoms with van der Waals surface area (Å²) in [6.07, 6.45) is 5.08. The van der Waals surface area contributed by atoms with E-state index in [0.29, 0.717) is 30.4 Å². The average Bonchev–Trinajstić information content (AvgIpc) is 3.29. The van der Waals surface area contributed by atoms with Crippen LogP contribution in [0.15, 0.2) is 73.1 Å². The molecule has 1 saturated heterocycles. The van der Waals surface area contributed by atoms with Gasteiger partial charge >= 0.3 is 0 Å². The molecule has 0 aliphatic carbocycles. The van der Waals surface area contributed by atoms with Crippen LogP contribution >= 0.6 is 0 Å². The molecule has 0 saturated carbocycles. The van der Waals surface area contributed by atoms with Gasteiger partial charge in [-0.2, -0.15) is 9.61 Å². The van der Waals surface area contributed by atoms with Crippen LogP contribution in [0.3, 0.4) is 0 Å². The summed E-state index contributed by atoms with van der Waals surface area (Å²) < 4.78 is 7.36. The first-order chi connectivity index (χ1) is 16.2. The zero-order chi connectivity index (χ0) is 22.6. The molecule has 0 unspecified atom stereocenters. The summed E-state index contributed by atoms with van der Waals surface area (Å²) in [5.74, 6) is 1.58. The van der Waals surface area contributed by atoms with Crippen molar-refractivity contribution < 1.29 is 4.74 Å². The number of hydrogen-bond donors (Lipinski definition) is 3. The van der Waals surface area contributed by atoms with E-state index in [1.54, 1.807) is 18.5 Å². The van der Waals surface area contributed by atoms with Gasteiger partial charge in [0.1, 0.15) is 17.5 Å². The highest BCUT2D eigenvalue weighted by Crippen LogP contribution is 2.25. The molecule has 1 fully saturated rings. The molecule has 9 heteroatoms. The summed E-state index contributed by atoms with van der Waals surface area (Å²) in [5.41, 5.74) is 9.99. The molecule has 0 atom stereocenters. The first-order valence-corrected chi connectivity index (χ1v) is 10.7. The summed E-state index contributed by atoms with van der Waals surface area (Å²) in [7, 11) is 0. The number of amidine groups is 1. The normalized spacial score (nSPS) is 14.4. The molecule has 0 spiro atoms. The number of hydrogen-bond acceptors (Lipinski definition) is 7. The van der Waals surface area contributed by atoms with Crippen molar-refractivity contribution in [2.24, 2.45) is 5.73 Å². The molecule has 33 heavy (non-hydrogen) atoms. The van der Waals surface area contributed by atoms with Gasteiger partial charge in [0.05, 0.1) is 18.9 Å². The topological polar surface area (TPSA) is 117 Å². The van der Waals surface area contributed by atoms with E-state index in [4.69, 9.17) is 26.0 Å². The number of nitrogens with one attached hydrogen (secondary N) is 2. The highest BCUT2D eigenvalue weighted by atomic mass is 16.5. The number of fused-ring (bicyclic) bond motifs is 1. The van der Waals surface area contributed by atoms with E-state index in [1.807, 2.05) is 59.1 Å². The molecule has 1 aliphatic rings. The van der Waals surface area contributed by atoms with Crippen molar-refractivity contribution in [1.82, 2.24) is 19.6 Å². The molecule has 1 aliphatic heterocycles. The Kier molecular flexibility index (Phi) is 5.69. The van der Waals surface area contributed by atoms with Crippen LogP contribution in [0.4, 0.5) is 11.6 Å². The summed E-state index contributed by atoms with van der Waals surface area (Å²) in [4.78, 5) is 11.0. The third-order valence-corrected chi connectivity index (χ3v) is 5.39. The van der Waals surface area contributed by atoms with Crippen molar-refractivity contribution >= 4 is 28.8 Å². The summed E-state index contributed by atoms with van der Waals surface area (Å²) in [5, 5.41) is 16.3. The number of aromatic nitrogens is 4. The second-order valence-corrected chi connectivity index (χ2v) is 7.64. The van der Waals surface area contributed by atoms with Crippen molar-refractivity contribution in [1.29, 1.82) is 5.41 Å². The number of nitrogens with two attached hydrogens (primary N) is 1. The van der Waals surface area contributed by atoms with E-state index in [9.17, 15) is 0 Å². The second-order valence-electron chi connectivity index (χ2n) is 7.64. The fourth-order valence-corrected chi connectivity index (χ4v) is 3.75. The Labute approximate surface area is 191 Å². The van der Waals surface area contributed by atoms with E-state index >= 15 is 0 Å². The molecule has 4 heterocycles. The Hall–Kier alpha value is -4.24. The Balaban J connectivity index is 1.50. The summed E-state index contributed by atoms with van der Waals surface area (Å²) in [6.45, 7) is 2.80. The van der Waals surface area contributed by atoms with E-state index < -0.39 is 0 Å². The largest absolute Gasteiger partial charge is 0.398 e. The molecular weight excluding hydrogens is 416 g/mol. The smallest absolute Gasteiger partial charge is 0.160 e. The first-order valence-electron chi connectivity index (χ1n) is 10.7. The predicted octanol–water partition coefficient (Wildman–Crippen LogP) is 3.02. The lowest BCUT2D eigenvalue weighted by Gasteiger charge is -2.29. The van der Waals surface area contributed by atoms with Crippen LogP contribution < -0.4 is 16.0 Å². The molecule has 0 amide bonds. The van der Waals surface area contributed by atoms with E-state index in [0.717, 1.165) is 35.7 Å². The summed E-state index contributed by atoms with van der Waals surface area (Å²) in [6, 6.07) is 17.3. The Bertz CT molecular complexity index is 1290. The third-order valence-electron chi connectivity index (χ3n) is 5.39. The number of morpholine rings is 1. The highest BCUT2D eigenvalue weighted by Gasteiger charge is 2.18. The van der Waals surface area contributed by atoms with Crippen LogP contribution in [0, 0.1) is 5.41 Å². The van der Waals surface area contributed by atoms with Gasteiger partial charge in [-0.25, -0.2) is 4.98 Å². The SMILES string of the molecule is N=C(/C=C(\N)c1ccccc1)Nc1cc(N2CCOCC2)n2nc(-c3ccncc3)cc2n1. The monoisotopic (exact) mass is 440 g/mol. The molecule has 0 radical (unpaired) electrons. The van der Waals surface area contributed by atoms with E-state index in [-0.39, 0.29) is 5.84 Å². The fourth-order valence-electron chi connectivity index (χ4n) is 3.75. The molecule has 0 bridgehead atoms. The van der Waals surface area contributed by atoms with Crippen LogP contribution in [0.1, 0.15) is 5.56 Å².